The zero-order chi connectivity index (χ0) is 16.6. The van der Waals surface area contributed by atoms with Gasteiger partial charge in [0, 0.05) is 6.54 Å². The molecule has 1 aromatic carbocycles. The summed E-state index contributed by atoms with van der Waals surface area (Å²) in [5.74, 6) is 0.320. The summed E-state index contributed by atoms with van der Waals surface area (Å²) < 4.78 is 40.4. The summed E-state index contributed by atoms with van der Waals surface area (Å²) in [7, 11) is 0. The maximum atomic E-state index is 11.9. The van der Waals surface area contributed by atoms with Crippen LogP contribution in [0.25, 0.3) is 0 Å². The van der Waals surface area contributed by atoms with E-state index in [4.69, 9.17) is 5.73 Å². The zero-order valence-electron chi connectivity index (χ0n) is 12.4. The number of rotatable bonds is 7. The Hall–Kier alpha value is -2.02. The van der Waals surface area contributed by atoms with Crippen molar-refractivity contribution < 1.29 is 17.9 Å². The highest BCUT2D eigenvalue weighted by atomic mass is 19.4. The highest BCUT2D eigenvalue weighted by Crippen LogP contribution is 2.15. The third-order valence-corrected chi connectivity index (χ3v) is 2.56. The van der Waals surface area contributed by atoms with Crippen LogP contribution in [0.1, 0.15) is 18.1 Å². The molecule has 0 saturated heterocycles. The second kappa shape index (κ2) is 8.43. The molecule has 22 heavy (non-hydrogen) atoms. The second-order valence-corrected chi connectivity index (χ2v) is 4.94. The summed E-state index contributed by atoms with van der Waals surface area (Å²) in [5, 5.41) is 2.91. The number of guanidine groups is 1. The lowest BCUT2D eigenvalue weighted by Gasteiger charge is -2.08. The Balaban J connectivity index is 2.41. The monoisotopic (exact) mass is 315 g/mol. The zero-order valence-corrected chi connectivity index (χ0v) is 12.4. The summed E-state index contributed by atoms with van der Waals surface area (Å²) in [4.78, 5) is 4.15. The smallest absolute Gasteiger partial charge is 0.370 e. The predicted octanol–water partition coefficient (Wildman–Crippen LogP) is 2.75. The van der Waals surface area contributed by atoms with Crippen LogP contribution in [0.3, 0.4) is 0 Å². The minimum atomic E-state index is -4.30. The van der Waals surface area contributed by atoms with Gasteiger partial charge in [0.15, 0.2) is 5.96 Å². The molecule has 3 N–H and O–H groups in total. The van der Waals surface area contributed by atoms with Gasteiger partial charge in [-0.15, -0.1) is 0 Å². The topological polar surface area (TPSA) is 59.6 Å². The fraction of sp³-hybridized carbons (Fsp3) is 0.400. The molecular weight excluding hydrogens is 295 g/mol. The highest BCUT2D eigenvalue weighted by molar-refractivity contribution is 5.78. The number of ether oxygens (including phenoxy) is 1. The third kappa shape index (κ3) is 8.31. The predicted molar refractivity (Wildman–Crippen MR) is 80.3 cm³/mol. The molecule has 0 fully saturated rings. The molecule has 0 aromatic heterocycles. The molecule has 0 aliphatic heterocycles. The molecular formula is C15H20F3N3O. The molecule has 7 heteroatoms. The van der Waals surface area contributed by atoms with Crippen LogP contribution in [-0.2, 0) is 17.9 Å². The van der Waals surface area contributed by atoms with Gasteiger partial charge in [0.05, 0.1) is 13.2 Å². The Bertz CT molecular complexity index is 510. The number of alkyl halides is 3. The molecule has 0 aliphatic carbocycles. The number of benzene rings is 1. The van der Waals surface area contributed by atoms with Crippen LogP contribution in [0.2, 0.25) is 0 Å². The van der Waals surface area contributed by atoms with Crippen LogP contribution in [0, 0.1) is 0 Å². The average molecular weight is 315 g/mol. The van der Waals surface area contributed by atoms with E-state index in [0.717, 1.165) is 11.1 Å². The van der Waals surface area contributed by atoms with Crippen LogP contribution >= 0.6 is 0 Å². The number of nitrogens with zero attached hydrogens (tertiary/aromatic N) is 1. The van der Waals surface area contributed by atoms with Crippen molar-refractivity contribution in [3.05, 3.63) is 47.5 Å². The first kappa shape index (κ1) is 18.0. The standard InChI is InChI=1S/C15H20F3N3O/c1-11(2)7-20-14(19)21-8-12-3-5-13(6-4-12)9-22-10-15(16,17)18/h3-6H,1,7-10H2,2H3,(H3,19,20,21). The van der Waals surface area contributed by atoms with Crippen molar-refractivity contribution >= 4 is 5.96 Å². The summed E-state index contributed by atoms with van der Waals surface area (Å²) in [6.07, 6.45) is -4.30. The Morgan fingerprint density at radius 1 is 1.27 bits per heavy atom. The largest absolute Gasteiger partial charge is 0.411 e. The Labute approximate surface area is 127 Å². The number of nitrogens with one attached hydrogen (secondary N) is 1. The Morgan fingerprint density at radius 3 is 2.41 bits per heavy atom. The molecule has 0 spiro atoms. The van der Waals surface area contributed by atoms with Gasteiger partial charge < -0.3 is 15.8 Å². The minimum absolute atomic E-state index is 0.0780. The Kier molecular flexibility index (Phi) is 6.91. The molecule has 122 valence electrons. The summed E-state index contributed by atoms with van der Waals surface area (Å²) >= 11 is 0. The van der Waals surface area contributed by atoms with Crippen molar-refractivity contribution in [1.82, 2.24) is 5.32 Å². The lowest BCUT2D eigenvalue weighted by molar-refractivity contribution is -0.176. The highest BCUT2D eigenvalue weighted by Gasteiger charge is 2.27. The summed E-state index contributed by atoms with van der Waals surface area (Å²) in [6, 6.07) is 6.97. The third-order valence-electron chi connectivity index (χ3n) is 2.56. The van der Waals surface area contributed by atoms with Gasteiger partial charge in [-0.2, -0.15) is 13.2 Å². The molecule has 0 radical (unpaired) electrons. The molecule has 0 heterocycles. The van der Waals surface area contributed by atoms with Crippen molar-refractivity contribution in [1.29, 1.82) is 0 Å². The van der Waals surface area contributed by atoms with Crippen LogP contribution in [0.15, 0.2) is 41.4 Å². The number of aliphatic imine (C=N–C) groups is 1. The van der Waals surface area contributed by atoms with Gasteiger partial charge in [-0.25, -0.2) is 4.99 Å². The molecule has 0 amide bonds. The van der Waals surface area contributed by atoms with Gasteiger partial charge in [0.25, 0.3) is 0 Å². The maximum Gasteiger partial charge on any atom is 0.411 e. The first-order valence-corrected chi connectivity index (χ1v) is 6.67. The van der Waals surface area contributed by atoms with E-state index in [2.05, 4.69) is 21.6 Å². The van der Waals surface area contributed by atoms with Crippen LogP contribution < -0.4 is 11.1 Å². The number of nitrogens with two attached hydrogens (primary N) is 1. The van der Waals surface area contributed by atoms with E-state index < -0.39 is 12.8 Å². The lowest BCUT2D eigenvalue weighted by atomic mass is 10.1. The van der Waals surface area contributed by atoms with E-state index in [-0.39, 0.29) is 6.61 Å². The molecule has 4 nitrogen and oxygen atoms in total. The van der Waals surface area contributed by atoms with E-state index in [1.165, 1.54) is 0 Å². The summed E-state index contributed by atoms with van der Waals surface area (Å²) in [6.45, 7) is 5.24. The van der Waals surface area contributed by atoms with E-state index in [1.54, 1.807) is 24.3 Å². The van der Waals surface area contributed by atoms with Crippen LogP contribution in [0.4, 0.5) is 13.2 Å². The van der Waals surface area contributed by atoms with Crippen LogP contribution in [-0.4, -0.2) is 25.3 Å². The van der Waals surface area contributed by atoms with Gasteiger partial charge in [-0.3, -0.25) is 0 Å². The van der Waals surface area contributed by atoms with Crippen molar-refractivity contribution in [2.24, 2.45) is 10.7 Å². The van der Waals surface area contributed by atoms with E-state index in [0.29, 0.717) is 24.6 Å². The Morgan fingerprint density at radius 2 is 1.86 bits per heavy atom. The second-order valence-electron chi connectivity index (χ2n) is 4.94. The van der Waals surface area contributed by atoms with E-state index >= 15 is 0 Å². The van der Waals surface area contributed by atoms with Gasteiger partial charge in [0.2, 0.25) is 0 Å². The van der Waals surface area contributed by atoms with E-state index in [1.807, 2.05) is 6.92 Å². The van der Waals surface area contributed by atoms with E-state index in [9.17, 15) is 13.2 Å². The normalized spacial score (nSPS) is 12.3. The molecule has 1 rings (SSSR count). The lowest BCUT2D eigenvalue weighted by Crippen LogP contribution is -2.32. The molecule has 0 saturated carbocycles. The van der Waals surface area contributed by atoms with Gasteiger partial charge in [0.1, 0.15) is 6.61 Å². The van der Waals surface area contributed by atoms with Gasteiger partial charge in [-0.1, -0.05) is 36.4 Å². The number of hydrogen-bond donors (Lipinski definition) is 2. The average Bonchev–Trinajstić information content (AvgIpc) is 2.43. The minimum Gasteiger partial charge on any atom is -0.370 e. The molecule has 0 atom stereocenters. The fourth-order valence-electron chi connectivity index (χ4n) is 1.50. The fourth-order valence-corrected chi connectivity index (χ4v) is 1.50. The molecule has 0 bridgehead atoms. The van der Waals surface area contributed by atoms with Crippen molar-refractivity contribution in [3.8, 4) is 0 Å². The molecule has 1 aromatic rings. The number of halogens is 3. The first-order chi connectivity index (χ1) is 10.3. The van der Waals surface area contributed by atoms with Crippen molar-refractivity contribution in [3.63, 3.8) is 0 Å². The SMILES string of the molecule is C=C(C)CNC(N)=NCc1ccc(COCC(F)(F)F)cc1. The first-order valence-electron chi connectivity index (χ1n) is 6.67. The van der Waals surface area contributed by atoms with Gasteiger partial charge >= 0.3 is 6.18 Å². The van der Waals surface area contributed by atoms with Crippen molar-refractivity contribution in [2.75, 3.05) is 13.2 Å². The maximum absolute atomic E-state index is 11.9. The molecule has 0 unspecified atom stereocenters. The van der Waals surface area contributed by atoms with Gasteiger partial charge in [-0.05, 0) is 18.1 Å². The summed E-state index contributed by atoms with van der Waals surface area (Å²) in [5.41, 5.74) is 8.20. The molecule has 0 aliphatic rings. The van der Waals surface area contributed by atoms with Crippen molar-refractivity contribution in [2.45, 2.75) is 26.3 Å². The van der Waals surface area contributed by atoms with Crippen LogP contribution in [0.5, 0.6) is 0 Å². The quantitative estimate of drug-likeness (QED) is 0.462. The number of hydrogen-bond acceptors (Lipinski definition) is 2.